The minimum Gasteiger partial charge on any atom is -0.495 e. The minimum atomic E-state index is -4.56. The van der Waals surface area contributed by atoms with Crippen molar-refractivity contribution >= 4 is 121 Å². The van der Waals surface area contributed by atoms with Gasteiger partial charge in [0, 0.05) is 74.1 Å². The van der Waals surface area contributed by atoms with E-state index in [4.69, 9.17) is 42.1 Å². The van der Waals surface area contributed by atoms with Gasteiger partial charge in [-0.05, 0) is 212 Å². The second-order valence-electron chi connectivity index (χ2n) is 38.2. The van der Waals surface area contributed by atoms with E-state index >= 15 is 8.78 Å². The summed E-state index contributed by atoms with van der Waals surface area (Å²) in [5.41, 5.74) is 1.68. The number of rotatable bonds is 24. The first kappa shape index (κ1) is 103. The number of carbonyl (C=O) groups is 6. The van der Waals surface area contributed by atoms with E-state index in [1.807, 2.05) is 0 Å². The van der Waals surface area contributed by atoms with Crippen molar-refractivity contribution in [3.63, 3.8) is 0 Å². The van der Waals surface area contributed by atoms with Gasteiger partial charge in [-0.3, -0.25) is 46.9 Å². The van der Waals surface area contributed by atoms with Gasteiger partial charge in [-0.15, -0.1) is 0 Å². The van der Waals surface area contributed by atoms with E-state index < -0.39 is 88.1 Å². The lowest BCUT2D eigenvalue weighted by atomic mass is 9.93. The van der Waals surface area contributed by atoms with Gasteiger partial charge in [0.2, 0.25) is 17.8 Å². The number of nitrogens with zero attached hydrogens (tertiary/aromatic N) is 12. The van der Waals surface area contributed by atoms with E-state index in [9.17, 15) is 60.6 Å². The number of halogens is 6. The highest BCUT2D eigenvalue weighted by Gasteiger charge is 2.53. The monoisotopic (exact) mass is 1950 g/mol. The number of ether oxygens (including phenoxy) is 3. The lowest BCUT2D eigenvalue weighted by Crippen LogP contribution is -2.49. The zero-order valence-electron chi connectivity index (χ0n) is 78.8. The topological polar surface area (TPSA) is 431 Å². The Balaban J connectivity index is 0.000000174. The van der Waals surface area contributed by atoms with Crippen molar-refractivity contribution in [2.45, 2.75) is 298 Å². The third-order valence-corrected chi connectivity index (χ3v) is 28.3. The second kappa shape index (κ2) is 43.4. The maximum Gasteiger partial charge on any atom is 0.476 e. The molecule has 9 N–H and O–H groups in total. The maximum atomic E-state index is 15.1. The normalized spacial score (nSPS) is 22.5. The Morgan fingerprint density at radius 2 is 0.684 bits per heavy atom. The molecule has 0 radical (unpaired) electrons. The van der Waals surface area contributed by atoms with Gasteiger partial charge in [0.25, 0.3) is 35.4 Å². The van der Waals surface area contributed by atoms with Gasteiger partial charge in [0.15, 0.2) is 17.5 Å². The number of anilines is 12. The predicted octanol–water partition coefficient (Wildman–Crippen LogP) is 15.9. The van der Waals surface area contributed by atoms with E-state index in [1.165, 1.54) is 61.1 Å². The van der Waals surface area contributed by atoms with Crippen LogP contribution in [0.25, 0.3) is 0 Å². The van der Waals surface area contributed by atoms with Gasteiger partial charge in [-0.25, -0.2) is 24.1 Å². The summed E-state index contributed by atoms with van der Waals surface area (Å²) in [7, 11) is -0.0981. The van der Waals surface area contributed by atoms with E-state index in [0.29, 0.717) is 115 Å². The number of aliphatic hydroxyl groups is 1. The van der Waals surface area contributed by atoms with Crippen LogP contribution >= 0.6 is 15.6 Å². The number of hydrogen-bond donors (Lipinski definition) is 9. The second-order valence-corrected chi connectivity index (χ2v) is 40.9. The molecular weight excluding hydrogens is 1820 g/mol. The Morgan fingerprint density at radius 3 is 0.949 bits per heavy atom. The van der Waals surface area contributed by atoms with Gasteiger partial charge in [0.05, 0.1) is 106 Å². The van der Waals surface area contributed by atoms with Crippen LogP contribution in [-0.2, 0) is 41.6 Å². The number of benzene rings is 3. The average Bonchev–Trinajstić information content (AvgIpc) is 1.60. The molecule has 6 heterocycles. The van der Waals surface area contributed by atoms with Crippen LogP contribution in [0.5, 0.6) is 17.2 Å². The van der Waals surface area contributed by atoms with E-state index in [2.05, 4.69) is 61.8 Å². The Kier molecular flexibility index (Phi) is 32.9. The number of aliphatic hydroxyl groups excluding tert-OH is 1. The number of alkyl halides is 6. The van der Waals surface area contributed by atoms with Crippen molar-refractivity contribution in [2.75, 3.05) is 107 Å². The molecular formula is C92H126F6N18O18P2. The molecule has 15 rings (SSSR count). The molecule has 6 amide bonds. The minimum absolute atomic E-state index is 0.0113. The average molecular weight is 1950 g/mol. The largest absolute Gasteiger partial charge is 0.495 e. The van der Waals surface area contributed by atoms with Crippen LogP contribution in [0.15, 0.2) is 73.2 Å². The SMILES string of the molecule is COc1cc(C(=O)NC2CCC(O)CC2)ccc1Nc1ncc2c(n1)N(C1CCCCC1)CC(F)(F)C(=O)N2C.COc1cc(C(=O)NC2CCC(OP(=O)(O)O)CC2)ccc1Nc1ncc2c(n1)N(C1CCCCC1)CC(F)(F)C(=O)N2C.COc1cc(C(=O)NC2CCC(OP(=O)(OC(C)(C)C)OC(C)(C)C)CC2)ccc1Nc1ncc2c(n1)N(C1CCCCC1)CC(F)(F)C(=O)N2C. The molecule has 0 unspecified atom stereocenters. The smallest absolute Gasteiger partial charge is 0.476 e. The third kappa shape index (κ3) is 26.2. The first-order valence-corrected chi connectivity index (χ1v) is 49.5. The first-order chi connectivity index (χ1) is 64.3. The highest BCUT2D eigenvalue weighted by atomic mass is 31.2. The van der Waals surface area contributed by atoms with Crippen LogP contribution in [0, 0.1) is 0 Å². The Morgan fingerprint density at radius 1 is 0.412 bits per heavy atom. The van der Waals surface area contributed by atoms with Gasteiger partial charge < -0.3 is 90.4 Å². The fraction of sp³-hybridized carbons (Fsp3) is 0.609. The van der Waals surface area contributed by atoms with Crippen molar-refractivity contribution < 1.29 is 111 Å². The van der Waals surface area contributed by atoms with E-state index in [-0.39, 0.29) is 119 Å². The van der Waals surface area contributed by atoms with Crippen molar-refractivity contribution in [2.24, 2.45) is 0 Å². The third-order valence-electron chi connectivity index (χ3n) is 25.7. The number of methoxy groups -OCH3 is 3. The zero-order chi connectivity index (χ0) is 98.2. The Labute approximate surface area is 787 Å². The maximum absolute atomic E-state index is 15.1. The Hall–Kier alpha value is -10.3. The fourth-order valence-corrected chi connectivity index (χ4v) is 21.4. The first-order valence-electron chi connectivity index (χ1n) is 46.5. The molecule has 0 spiro atoms. The molecule has 3 aliphatic heterocycles. The van der Waals surface area contributed by atoms with Crippen LogP contribution in [0.3, 0.4) is 0 Å². The van der Waals surface area contributed by atoms with Crippen LogP contribution in [0.2, 0.25) is 0 Å². The zero-order valence-corrected chi connectivity index (χ0v) is 80.6. The molecule has 136 heavy (non-hydrogen) atoms. The lowest BCUT2D eigenvalue weighted by molar-refractivity contribution is -0.141. The fourth-order valence-electron chi connectivity index (χ4n) is 18.8. The van der Waals surface area contributed by atoms with Gasteiger partial charge in [-0.1, -0.05) is 57.8 Å². The molecule has 744 valence electrons. The summed E-state index contributed by atoms with van der Waals surface area (Å²) in [5, 5.41) is 28.0. The van der Waals surface area contributed by atoms with Crippen molar-refractivity contribution in [3.05, 3.63) is 89.9 Å². The molecule has 3 aromatic carbocycles. The summed E-state index contributed by atoms with van der Waals surface area (Å²) in [6.07, 6.45) is 22.9. The standard InChI is InChI=1S/C36H53F2N6O7P.C28H37F2N6O7P.C28H36F2N6O4/c1-34(2,3)50-52(47,51-35(4,5)6)49-26-17-15-24(16-18-26)40-31(45)23-14-19-27(29(20-23)48-8)41-33-39-21-28-30(42-33)44(25-12-10-9-11-13-25)22-36(37,38)32(46)43(28)7;1-35-22-15-31-27(34-24(22)36(16-28(29,30)26(35)38)19-6-4-3-5-7-19)33-21-13-8-17(14-23(21)42-2)25(37)32-18-9-11-20(12-10-18)43-44(39,40)41;1-35-22-15-31-27(34-24(22)36(16-28(29,30)26(35)39)19-6-4-3-5-7-19)33-21-13-8-17(14-23(21)40-2)25(38)32-18-9-11-20(37)12-10-18/h14,19-21,24-26H,9-13,15-18,22H2,1-8H3,(H,40,45)(H,39,41,42);8,13-15,18-20H,3-7,9-12,16H2,1-2H3,(H,32,37)(H,31,33,34)(H2,39,40,41);8,13-15,18-20,37H,3-7,9-12,16H2,1-2H3,(H,32,38)(H,31,33,34). The van der Waals surface area contributed by atoms with Crippen molar-refractivity contribution in [3.8, 4) is 17.2 Å². The molecule has 6 aliphatic carbocycles. The van der Waals surface area contributed by atoms with Gasteiger partial charge in [0.1, 0.15) is 34.3 Å². The van der Waals surface area contributed by atoms with Crippen molar-refractivity contribution in [1.82, 2.24) is 45.9 Å². The number of hydrogen-bond acceptors (Lipinski definition) is 28. The van der Waals surface area contributed by atoms with Gasteiger partial charge >= 0.3 is 33.4 Å². The predicted molar refractivity (Wildman–Crippen MR) is 499 cm³/mol. The molecule has 44 heteroatoms. The molecule has 0 saturated heterocycles. The number of aromatic nitrogens is 6. The molecule has 9 aliphatic rings. The van der Waals surface area contributed by atoms with Crippen LogP contribution in [0.1, 0.15) is 246 Å². The molecule has 6 fully saturated rings. The van der Waals surface area contributed by atoms with Crippen LogP contribution in [-0.4, -0.2) is 226 Å². The number of fused-ring (bicyclic) bond motifs is 3. The molecule has 36 nitrogen and oxygen atoms in total. The van der Waals surface area contributed by atoms with E-state index in [0.717, 1.165) is 124 Å². The number of phosphoric acid groups is 2. The summed E-state index contributed by atoms with van der Waals surface area (Å²) in [6.45, 7) is 8.49. The Bertz CT molecular complexity index is 5330. The lowest BCUT2D eigenvalue weighted by Gasteiger charge is -2.35. The van der Waals surface area contributed by atoms with Crippen LogP contribution < -0.4 is 75.5 Å². The molecule has 0 atom stereocenters. The van der Waals surface area contributed by atoms with Gasteiger partial charge in [-0.2, -0.15) is 41.3 Å². The number of phosphoric ester groups is 2. The van der Waals surface area contributed by atoms with Crippen LogP contribution in [0.4, 0.5) is 95.8 Å². The molecule has 3 aromatic heterocycles. The highest BCUT2D eigenvalue weighted by molar-refractivity contribution is 7.48. The summed E-state index contributed by atoms with van der Waals surface area (Å²) >= 11 is 0. The summed E-state index contributed by atoms with van der Waals surface area (Å²) in [5.74, 6) is -13.2. The van der Waals surface area contributed by atoms with E-state index in [1.54, 1.807) is 111 Å². The number of amides is 6. The molecule has 6 saturated carbocycles. The quantitative estimate of drug-likeness (QED) is 0.0201. The summed E-state index contributed by atoms with van der Waals surface area (Å²) < 4.78 is 154. The molecule has 6 aromatic rings. The highest BCUT2D eigenvalue weighted by Crippen LogP contribution is 2.58. The summed E-state index contributed by atoms with van der Waals surface area (Å²) in [4.78, 5) is 129. The number of nitrogens with one attached hydrogen (secondary N) is 6. The van der Waals surface area contributed by atoms with Crippen molar-refractivity contribution in [1.29, 1.82) is 0 Å². The number of carbonyl (C=O) groups excluding carboxylic acids is 6. The molecule has 0 bridgehead atoms. The summed E-state index contributed by atoms with van der Waals surface area (Å²) in [6, 6.07) is 13.8.